The van der Waals surface area contributed by atoms with Gasteiger partial charge >= 0.3 is 0 Å². The van der Waals surface area contributed by atoms with E-state index < -0.39 is 0 Å². The highest BCUT2D eigenvalue weighted by atomic mass is 32.1. The Kier molecular flexibility index (Phi) is 3.43. The molecule has 0 unspecified atom stereocenters. The number of nitrogens with zero attached hydrogens (tertiary/aromatic N) is 2. The van der Waals surface area contributed by atoms with Crippen LogP contribution in [0.1, 0.15) is 21.6 Å². The molecule has 2 heterocycles. The second-order valence-corrected chi connectivity index (χ2v) is 6.04. The predicted octanol–water partition coefficient (Wildman–Crippen LogP) is 2.90. The lowest BCUT2D eigenvalue weighted by Crippen LogP contribution is -2.29. The van der Waals surface area contributed by atoms with Crippen LogP contribution < -0.4 is 5.73 Å². The quantitative estimate of drug-likeness (QED) is 0.924. The summed E-state index contributed by atoms with van der Waals surface area (Å²) in [5, 5.41) is 9.72. The molecule has 0 radical (unpaired) electrons. The van der Waals surface area contributed by atoms with Gasteiger partial charge in [-0.25, -0.2) is 4.39 Å². The van der Waals surface area contributed by atoms with Gasteiger partial charge in [0.1, 0.15) is 16.9 Å². The minimum absolute atomic E-state index is 0.165. The molecule has 0 spiro atoms. The molecule has 1 aromatic carbocycles. The van der Waals surface area contributed by atoms with Gasteiger partial charge < -0.3 is 5.73 Å². The van der Waals surface area contributed by atoms with E-state index in [-0.39, 0.29) is 5.82 Å². The molecule has 0 bridgehead atoms. The van der Waals surface area contributed by atoms with Crippen LogP contribution >= 0.6 is 11.3 Å². The molecule has 0 saturated heterocycles. The Balaban J connectivity index is 1.80. The highest BCUT2D eigenvalue weighted by Gasteiger charge is 2.23. The molecule has 2 aromatic rings. The molecule has 0 fully saturated rings. The molecule has 20 heavy (non-hydrogen) atoms. The number of nitrogens with two attached hydrogens (primary N) is 1. The molecule has 3 nitrogen and oxygen atoms in total. The molecule has 0 amide bonds. The van der Waals surface area contributed by atoms with E-state index in [1.54, 1.807) is 6.07 Å². The summed E-state index contributed by atoms with van der Waals surface area (Å²) >= 11 is 1.48. The minimum atomic E-state index is -0.165. The third kappa shape index (κ3) is 2.28. The van der Waals surface area contributed by atoms with Crippen molar-refractivity contribution in [3.8, 4) is 6.07 Å². The van der Waals surface area contributed by atoms with Crippen molar-refractivity contribution in [3.05, 3.63) is 51.7 Å². The first-order valence-electron chi connectivity index (χ1n) is 6.45. The largest absolute Gasteiger partial charge is 0.389 e. The summed E-state index contributed by atoms with van der Waals surface area (Å²) < 4.78 is 13.7. The molecular formula is C15H14FN3S. The van der Waals surface area contributed by atoms with E-state index >= 15 is 0 Å². The van der Waals surface area contributed by atoms with E-state index in [4.69, 9.17) is 11.0 Å². The van der Waals surface area contributed by atoms with Crippen molar-refractivity contribution >= 4 is 16.3 Å². The first kappa shape index (κ1) is 13.1. The molecule has 5 heteroatoms. The third-order valence-corrected chi connectivity index (χ3v) is 4.67. The van der Waals surface area contributed by atoms with E-state index in [9.17, 15) is 4.39 Å². The fourth-order valence-corrected chi connectivity index (χ4v) is 3.71. The number of fused-ring (bicyclic) bond motifs is 1. The van der Waals surface area contributed by atoms with Gasteiger partial charge in [-0.3, -0.25) is 4.90 Å². The number of thiophene rings is 1. The number of hydrogen-bond donors (Lipinski definition) is 1. The monoisotopic (exact) mass is 287 g/mol. The van der Waals surface area contributed by atoms with Crippen molar-refractivity contribution in [3.63, 3.8) is 0 Å². The van der Waals surface area contributed by atoms with Crippen molar-refractivity contribution in [1.29, 1.82) is 5.26 Å². The zero-order valence-corrected chi connectivity index (χ0v) is 11.7. The van der Waals surface area contributed by atoms with Crippen LogP contribution in [0, 0.1) is 17.1 Å². The fourth-order valence-electron chi connectivity index (χ4n) is 2.60. The maximum Gasteiger partial charge on any atom is 0.127 e. The Labute approximate surface area is 121 Å². The molecule has 0 atom stereocenters. The van der Waals surface area contributed by atoms with E-state index in [1.807, 2.05) is 12.1 Å². The zero-order chi connectivity index (χ0) is 14.1. The van der Waals surface area contributed by atoms with Crippen LogP contribution in [-0.4, -0.2) is 11.4 Å². The molecular weight excluding hydrogens is 273 g/mol. The number of nitriles is 1. The predicted molar refractivity (Wildman–Crippen MR) is 77.7 cm³/mol. The number of halogens is 1. The van der Waals surface area contributed by atoms with Crippen LogP contribution in [0.25, 0.3) is 0 Å². The molecule has 102 valence electrons. The summed E-state index contributed by atoms with van der Waals surface area (Å²) in [6.45, 7) is 2.15. The van der Waals surface area contributed by atoms with Crippen molar-refractivity contribution in [2.45, 2.75) is 19.5 Å². The number of rotatable bonds is 2. The smallest absolute Gasteiger partial charge is 0.127 e. The van der Waals surface area contributed by atoms with Gasteiger partial charge in [-0.1, -0.05) is 18.2 Å². The Hall–Kier alpha value is -1.90. The zero-order valence-electron chi connectivity index (χ0n) is 10.9. The molecule has 2 N–H and O–H groups in total. The first-order chi connectivity index (χ1) is 9.69. The fraction of sp³-hybridized carbons (Fsp3) is 0.267. The summed E-state index contributed by atoms with van der Waals surface area (Å²) in [5.74, 6) is -0.165. The van der Waals surface area contributed by atoms with Crippen LogP contribution in [-0.2, 0) is 19.5 Å². The standard InChI is InChI=1S/C15H14FN3S/c16-13-4-2-1-3-10(13)8-19-6-5-11-12(7-17)15(18)20-14(11)9-19/h1-4H,5-6,8-9,18H2. The van der Waals surface area contributed by atoms with E-state index in [1.165, 1.54) is 17.4 Å². The van der Waals surface area contributed by atoms with Gasteiger partial charge in [-0.15, -0.1) is 11.3 Å². The van der Waals surface area contributed by atoms with Gasteiger partial charge in [0.25, 0.3) is 0 Å². The summed E-state index contributed by atoms with van der Waals surface area (Å²) in [5.41, 5.74) is 8.30. The van der Waals surface area contributed by atoms with E-state index in [2.05, 4.69) is 11.0 Å². The Morgan fingerprint density at radius 3 is 2.95 bits per heavy atom. The lowest BCUT2D eigenvalue weighted by Gasteiger charge is -2.26. The second kappa shape index (κ2) is 5.23. The van der Waals surface area contributed by atoms with Crippen LogP contribution in [0.2, 0.25) is 0 Å². The molecule has 3 rings (SSSR count). The van der Waals surface area contributed by atoms with E-state index in [0.29, 0.717) is 22.7 Å². The number of benzene rings is 1. The normalized spacial score (nSPS) is 14.8. The molecule has 0 aliphatic carbocycles. The summed E-state index contributed by atoms with van der Waals surface area (Å²) in [4.78, 5) is 3.33. The van der Waals surface area contributed by atoms with E-state index in [0.717, 1.165) is 30.0 Å². The lowest BCUT2D eigenvalue weighted by molar-refractivity contribution is 0.245. The van der Waals surface area contributed by atoms with Crippen LogP contribution in [0.4, 0.5) is 9.39 Å². The second-order valence-electron chi connectivity index (χ2n) is 4.91. The van der Waals surface area contributed by atoms with Crippen LogP contribution in [0.3, 0.4) is 0 Å². The average molecular weight is 287 g/mol. The van der Waals surface area contributed by atoms with Gasteiger partial charge in [0.2, 0.25) is 0 Å². The van der Waals surface area contributed by atoms with Gasteiger partial charge in [0.15, 0.2) is 0 Å². The van der Waals surface area contributed by atoms with Gasteiger partial charge in [0.05, 0.1) is 5.56 Å². The number of nitrogen functional groups attached to an aromatic ring is 1. The third-order valence-electron chi connectivity index (χ3n) is 3.63. The minimum Gasteiger partial charge on any atom is -0.389 e. The Morgan fingerprint density at radius 2 is 2.20 bits per heavy atom. The number of anilines is 1. The summed E-state index contributed by atoms with van der Waals surface area (Å²) in [7, 11) is 0. The SMILES string of the molecule is N#Cc1c(N)sc2c1CCN(Cc1ccccc1F)C2. The maximum atomic E-state index is 13.7. The van der Waals surface area contributed by atoms with Crippen molar-refractivity contribution in [2.24, 2.45) is 0 Å². The Morgan fingerprint density at radius 1 is 1.40 bits per heavy atom. The van der Waals surface area contributed by atoms with Crippen molar-refractivity contribution in [2.75, 3.05) is 12.3 Å². The van der Waals surface area contributed by atoms with Gasteiger partial charge in [0, 0.05) is 30.1 Å². The first-order valence-corrected chi connectivity index (χ1v) is 7.26. The Bertz CT molecular complexity index is 687. The molecule has 1 aromatic heterocycles. The van der Waals surface area contributed by atoms with Crippen molar-refractivity contribution in [1.82, 2.24) is 4.90 Å². The summed E-state index contributed by atoms with van der Waals surface area (Å²) in [6, 6.07) is 9.04. The maximum absolute atomic E-state index is 13.7. The molecule has 0 saturated carbocycles. The molecule has 1 aliphatic heterocycles. The van der Waals surface area contributed by atoms with Crippen LogP contribution in [0.15, 0.2) is 24.3 Å². The van der Waals surface area contributed by atoms with Crippen molar-refractivity contribution < 1.29 is 4.39 Å². The highest BCUT2D eigenvalue weighted by Crippen LogP contribution is 2.34. The van der Waals surface area contributed by atoms with Gasteiger partial charge in [-0.2, -0.15) is 5.26 Å². The number of hydrogen-bond acceptors (Lipinski definition) is 4. The highest BCUT2D eigenvalue weighted by molar-refractivity contribution is 7.16. The average Bonchev–Trinajstić information content (AvgIpc) is 2.76. The van der Waals surface area contributed by atoms with Crippen LogP contribution in [0.5, 0.6) is 0 Å². The summed E-state index contributed by atoms with van der Waals surface area (Å²) in [6.07, 6.45) is 0.806. The molecule has 1 aliphatic rings. The topological polar surface area (TPSA) is 53.1 Å². The lowest BCUT2D eigenvalue weighted by atomic mass is 10.0. The van der Waals surface area contributed by atoms with Gasteiger partial charge in [-0.05, 0) is 18.1 Å².